The van der Waals surface area contributed by atoms with Crippen molar-refractivity contribution < 1.29 is 22.7 Å². The normalized spacial score (nSPS) is 18.3. The number of rotatable bonds is 3. The van der Waals surface area contributed by atoms with E-state index in [1.807, 2.05) is 0 Å². The molecule has 0 aliphatic carbocycles. The zero-order valence-electron chi connectivity index (χ0n) is 13.6. The van der Waals surface area contributed by atoms with Gasteiger partial charge in [0.2, 0.25) is 0 Å². The van der Waals surface area contributed by atoms with E-state index in [0.717, 1.165) is 31.0 Å². The number of aromatic amines is 1. The van der Waals surface area contributed by atoms with Crippen LogP contribution in [0.1, 0.15) is 35.8 Å². The van der Waals surface area contributed by atoms with E-state index in [-0.39, 0.29) is 17.3 Å². The fourth-order valence-electron chi connectivity index (χ4n) is 3.07. The summed E-state index contributed by atoms with van der Waals surface area (Å²) in [5.74, 6) is -1.89. The quantitative estimate of drug-likeness (QED) is 0.716. The number of hydrogen-bond donors (Lipinski definition) is 1. The van der Waals surface area contributed by atoms with Crippen LogP contribution in [0.5, 0.6) is 0 Å². The van der Waals surface area contributed by atoms with Crippen molar-refractivity contribution in [1.29, 1.82) is 0 Å². The lowest BCUT2D eigenvalue weighted by Gasteiger charge is -2.22. The Labute approximate surface area is 146 Å². The summed E-state index contributed by atoms with van der Waals surface area (Å²) >= 11 is 0. The van der Waals surface area contributed by atoms with Crippen LogP contribution in [0.4, 0.5) is 13.2 Å². The van der Waals surface area contributed by atoms with Gasteiger partial charge in [0.25, 0.3) is 5.78 Å². The highest BCUT2D eigenvalue weighted by Gasteiger charge is 2.40. The Morgan fingerprint density at radius 2 is 2.15 bits per heavy atom. The summed E-state index contributed by atoms with van der Waals surface area (Å²) in [5, 5.41) is 4.44. The Balaban J connectivity index is 1.64. The van der Waals surface area contributed by atoms with Crippen LogP contribution < -0.4 is 0 Å². The van der Waals surface area contributed by atoms with Crippen molar-refractivity contribution >= 4 is 16.8 Å². The molecule has 1 N–H and O–H groups in total. The third-order valence-electron chi connectivity index (χ3n) is 4.39. The zero-order valence-corrected chi connectivity index (χ0v) is 13.6. The van der Waals surface area contributed by atoms with Gasteiger partial charge in [-0.1, -0.05) is 0 Å². The number of fused-ring (bicyclic) bond motifs is 1. The number of alkyl halides is 3. The molecule has 0 radical (unpaired) electrons. The van der Waals surface area contributed by atoms with Crippen LogP contribution >= 0.6 is 0 Å². The number of hydrogen-bond acceptors (Lipinski definition) is 4. The molecule has 1 aliphatic rings. The molecule has 6 nitrogen and oxygen atoms in total. The average molecular weight is 364 g/mol. The van der Waals surface area contributed by atoms with Crippen molar-refractivity contribution in [2.75, 3.05) is 6.61 Å². The molecule has 4 heterocycles. The predicted octanol–water partition coefficient (Wildman–Crippen LogP) is 3.87. The number of H-pyrrole nitrogens is 1. The van der Waals surface area contributed by atoms with Crippen molar-refractivity contribution in [3.63, 3.8) is 0 Å². The second kappa shape index (κ2) is 6.24. The number of nitrogens with zero attached hydrogens (tertiary/aromatic N) is 3. The Kier molecular flexibility index (Phi) is 4.03. The monoisotopic (exact) mass is 364 g/mol. The van der Waals surface area contributed by atoms with E-state index in [0.29, 0.717) is 12.3 Å². The van der Waals surface area contributed by atoms with Crippen LogP contribution in [0.25, 0.3) is 22.3 Å². The van der Waals surface area contributed by atoms with E-state index in [1.54, 1.807) is 23.1 Å². The smallest absolute Gasteiger partial charge is 0.357 e. The molecule has 0 aromatic carbocycles. The van der Waals surface area contributed by atoms with Gasteiger partial charge >= 0.3 is 6.18 Å². The van der Waals surface area contributed by atoms with Gasteiger partial charge in [-0.3, -0.25) is 4.79 Å². The van der Waals surface area contributed by atoms with E-state index >= 15 is 0 Å². The molecule has 1 atom stereocenters. The van der Waals surface area contributed by atoms with E-state index < -0.39 is 17.5 Å². The Hall–Kier alpha value is -2.68. The molecule has 0 spiro atoms. The first-order valence-corrected chi connectivity index (χ1v) is 8.19. The summed E-state index contributed by atoms with van der Waals surface area (Å²) < 4.78 is 45.4. The van der Waals surface area contributed by atoms with Crippen LogP contribution in [-0.4, -0.2) is 38.3 Å². The molecule has 1 saturated heterocycles. The standard InChI is InChI=1S/C17H15F3N4O2/c18-17(19,20)15(25)12-8-21-16-11(12)4-5-13(23-16)10-7-22-24(9-10)14-3-1-2-6-26-14/h4-5,7-9,14H,1-3,6H2,(H,21,23). The van der Waals surface area contributed by atoms with Gasteiger partial charge < -0.3 is 9.72 Å². The summed E-state index contributed by atoms with van der Waals surface area (Å²) in [7, 11) is 0. The van der Waals surface area contributed by atoms with Gasteiger partial charge in [0, 0.05) is 30.0 Å². The molecule has 26 heavy (non-hydrogen) atoms. The molecule has 1 unspecified atom stereocenters. The highest BCUT2D eigenvalue weighted by Crippen LogP contribution is 2.29. The molecular formula is C17H15F3N4O2. The van der Waals surface area contributed by atoms with E-state index in [2.05, 4.69) is 15.1 Å². The van der Waals surface area contributed by atoms with Gasteiger partial charge in [-0.2, -0.15) is 18.3 Å². The first kappa shape index (κ1) is 16.8. The van der Waals surface area contributed by atoms with Gasteiger partial charge in [0.15, 0.2) is 0 Å². The van der Waals surface area contributed by atoms with Crippen molar-refractivity contribution in [3.05, 3.63) is 36.3 Å². The molecule has 1 aliphatic heterocycles. The summed E-state index contributed by atoms with van der Waals surface area (Å²) in [6, 6.07) is 3.04. The molecule has 0 saturated carbocycles. The SMILES string of the molecule is O=C(c1c[nH]c2nc(-c3cnn(C4CCCCO4)c3)ccc12)C(F)(F)F. The molecule has 136 valence electrons. The maximum absolute atomic E-state index is 12.7. The second-order valence-corrected chi connectivity index (χ2v) is 6.15. The average Bonchev–Trinajstić information content (AvgIpc) is 3.28. The molecule has 0 amide bonds. The minimum atomic E-state index is -4.92. The van der Waals surface area contributed by atoms with Crippen molar-refractivity contribution in [3.8, 4) is 11.3 Å². The topological polar surface area (TPSA) is 72.8 Å². The number of pyridine rings is 1. The second-order valence-electron chi connectivity index (χ2n) is 6.15. The molecule has 9 heteroatoms. The van der Waals surface area contributed by atoms with Crippen LogP contribution in [0, 0.1) is 0 Å². The first-order chi connectivity index (χ1) is 12.4. The Bertz CT molecular complexity index is 954. The van der Waals surface area contributed by atoms with Crippen LogP contribution in [0.3, 0.4) is 0 Å². The van der Waals surface area contributed by atoms with E-state index in [4.69, 9.17) is 4.74 Å². The molecule has 4 rings (SSSR count). The summed E-state index contributed by atoms with van der Waals surface area (Å²) in [6.45, 7) is 0.697. The summed E-state index contributed by atoms with van der Waals surface area (Å²) in [4.78, 5) is 18.4. The van der Waals surface area contributed by atoms with E-state index in [9.17, 15) is 18.0 Å². The molecular weight excluding hydrogens is 349 g/mol. The number of ketones is 1. The third-order valence-corrected chi connectivity index (χ3v) is 4.39. The number of halogens is 3. The minimum absolute atomic E-state index is 0.109. The number of ether oxygens (including phenoxy) is 1. The van der Waals surface area contributed by atoms with Crippen LogP contribution in [0.15, 0.2) is 30.7 Å². The largest absolute Gasteiger partial charge is 0.454 e. The maximum atomic E-state index is 12.7. The highest BCUT2D eigenvalue weighted by molar-refractivity contribution is 6.10. The zero-order chi connectivity index (χ0) is 18.3. The summed E-state index contributed by atoms with van der Waals surface area (Å²) in [5.41, 5.74) is 1.06. The van der Waals surface area contributed by atoms with Crippen LogP contribution in [0.2, 0.25) is 0 Å². The number of carbonyl (C=O) groups is 1. The minimum Gasteiger partial charge on any atom is -0.357 e. The third kappa shape index (κ3) is 2.98. The van der Waals surface area contributed by atoms with Gasteiger partial charge in [-0.15, -0.1) is 0 Å². The lowest BCUT2D eigenvalue weighted by molar-refractivity contribution is -0.0884. The van der Waals surface area contributed by atoms with Gasteiger partial charge in [-0.05, 0) is 31.4 Å². The van der Waals surface area contributed by atoms with Crippen molar-refractivity contribution in [1.82, 2.24) is 19.7 Å². The molecule has 0 bridgehead atoms. The van der Waals surface area contributed by atoms with Crippen molar-refractivity contribution in [2.24, 2.45) is 0 Å². The predicted molar refractivity (Wildman–Crippen MR) is 86.5 cm³/mol. The lowest BCUT2D eigenvalue weighted by Crippen LogP contribution is -2.22. The first-order valence-electron chi connectivity index (χ1n) is 8.19. The van der Waals surface area contributed by atoms with Crippen LogP contribution in [-0.2, 0) is 4.74 Å². The van der Waals surface area contributed by atoms with Gasteiger partial charge in [-0.25, -0.2) is 9.67 Å². The fraction of sp³-hybridized carbons (Fsp3) is 0.353. The summed E-state index contributed by atoms with van der Waals surface area (Å²) in [6.07, 6.45) is 2.43. The highest BCUT2D eigenvalue weighted by atomic mass is 19.4. The van der Waals surface area contributed by atoms with Gasteiger partial charge in [0.1, 0.15) is 11.9 Å². The number of Topliss-reactive ketones (excluding diaryl/α,β-unsaturated/α-hetero) is 1. The molecule has 3 aromatic heterocycles. The number of carbonyl (C=O) groups excluding carboxylic acids is 1. The molecule has 3 aromatic rings. The van der Waals surface area contributed by atoms with E-state index in [1.165, 1.54) is 6.07 Å². The van der Waals surface area contributed by atoms with Gasteiger partial charge in [0.05, 0.1) is 17.5 Å². The van der Waals surface area contributed by atoms with Crippen molar-refractivity contribution in [2.45, 2.75) is 31.7 Å². The lowest BCUT2D eigenvalue weighted by atomic mass is 10.1. The maximum Gasteiger partial charge on any atom is 0.454 e. The number of nitrogens with one attached hydrogen (secondary N) is 1. The Morgan fingerprint density at radius 1 is 1.31 bits per heavy atom. The fourth-order valence-corrected chi connectivity index (χ4v) is 3.07. The molecule has 1 fully saturated rings. The number of aromatic nitrogens is 4. The Morgan fingerprint density at radius 3 is 2.88 bits per heavy atom.